The van der Waals surface area contributed by atoms with Crippen molar-refractivity contribution in [1.82, 2.24) is 0 Å². The van der Waals surface area contributed by atoms with Crippen LogP contribution < -0.4 is 5.32 Å². The molecule has 116 valence electrons. The predicted molar refractivity (Wildman–Crippen MR) is 84.8 cm³/mol. The van der Waals surface area contributed by atoms with Crippen molar-refractivity contribution < 1.29 is 14.3 Å². The summed E-state index contributed by atoms with van der Waals surface area (Å²) >= 11 is 1.29. The van der Waals surface area contributed by atoms with Gasteiger partial charge in [0.1, 0.15) is 4.88 Å². The van der Waals surface area contributed by atoms with Gasteiger partial charge in [-0.1, -0.05) is 19.3 Å². The van der Waals surface area contributed by atoms with Crippen molar-refractivity contribution in [1.29, 1.82) is 0 Å². The van der Waals surface area contributed by atoms with E-state index < -0.39 is 0 Å². The van der Waals surface area contributed by atoms with Crippen LogP contribution in [0.1, 0.15) is 60.7 Å². The second-order valence-corrected chi connectivity index (χ2v) is 6.65. The van der Waals surface area contributed by atoms with Crippen LogP contribution in [-0.4, -0.2) is 18.5 Å². The lowest BCUT2D eigenvalue weighted by Gasteiger charge is -2.20. The predicted octanol–water partition coefficient (Wildman–Crippen LogP) is 4.14. The van der Waals surface area contributed by atoms with Gasteiger partial charge in [-0.2, -0.15) is 0 Å². The van der Waals surface area contributed by atoms with Gasteiger partial charge in [-0.05, 0) is 44.2 Å². The standard InChI is InChI=1S/C16H23NO3S/c1-3-20-16(19)15-11(2)9-14(21-15)17-13(18)10-12-7-5-4-6-8-12/h9,12H,3-8,10H2,1-2H3,(H,17,18). The molecular formula is C16H23NO3S. The van der Waals surface area contributed by atoms with Crippen molar-refractivity contribution in [2.75, 3.05) is 11.9 Å². The second kappa shape index (κ2) is 7.59. The maximum absolute atomic E-state index is 12.1. The van der Waals surface area contributed by atoms with Crippen LogP contribution in [0.5, 0.6) is 0 Å². The van der Waals surface area contributed by atoms with E-state index in [4.69, 9.17) is 4.74 Å². The molecule has 1 saturated carbocycles. The van der Waals surface area contributed by atoms with Crippen LogP contribution in [0, 0.1) is 12.8 Å². The molecule has 0 radical (unpaired) electrons. The summed E-state index contributed by atoms with van der Waals surface area (Å²) in [6.45, 7) is 4.01. The Bertz CT molecular complexity index is 504. The van der Waals surface area contributed by atoms with Crippen LogP contribution in [0.4, 0.5) is 5.00 Å². The van der Waals surface area contributed by atoms with E-state index in [9.17, 15) is 9.59 Å². The lowest BCUT2D eigenvalue weighted by atomic mass is 9.87. The van der Waals surface area contributed by atoms with Gasteiger partial charge in [0.15, 0.2) is 0 Å². The lowest BCUT2D eigenvalue weighted by molar-refractivity contribution is -0.117. The van der Waals surface area contributed by atoms with Crippen LogP contribution in [0.25, 0.3) is 0 Å². The van der Waals surface area contributed by atoms with E-state index >= 15 is 0 Å². The van der Waals surface area contributed by atoms with E-state index in [2.05, 4.69) is 5.32 Å². The molecule has 0 bridgehead atoms. The van der Waals surface area contributed by atoms with E-state index in [1.54, 1.807) is 6.92 Å². The average molecular weight is 309 g/mol. The van der Waals surface area contributed by atoms with Gasteiger partial charge >= 0.3 is 5.97 Å². The smallest absolute Gasteiger partial charge is 0.348 e. The first kappa shape index (κ1) is 16.0. The number of hydrogen-bond donors (Lipinski definition) is 1. The molecule has 1 aliphatic carbocycles. The molecule has 0 saturated heterocycles. The summed E-state index contributed by atoms with van der Waals surface area (Å²) in [5.74, 6) is 0.260. The van der Waals surface area contributed by atoms with Crippen LogP contribution in [0.3, 0.4) is 0 Å². The highest BCUT2D eigenvalue weighted by Crippen LogP contribution is 2.29. The molecule has 1 N–H and O–H groups in total. The number of esters is 1. The number of amides is 1. The van der Waals surface area contributed by atoms with E-state index in [0.717, 1.165) is 23.4 Å². The largest absolute Gasteiger partial charge is 0.462 e. The third-order valence-electron chi connectivity index (χ3n) is 3.84. The minimum Gasteiger partial charge on any atom is -0.462 e. The fourth-order valence-corrected chi connectivity index (χ4v) is 3.77. The molecule has 0 unspecified atom stereocenters. The van der Waals surface area contributed by atoms with E-state index in [0.29, 0.717) is 23.8 Å². The van der Waals surface area contributed by atoms with E-state index in [1.807, 2.05) is 13.0 Å². The number of nitrogens with one attached hydrogen (secondary N) is 1. The zero-order valence-electron chi connectivity index (χ0n) is 12.7. The third-order valence-corrected chi connectivity index (χ3v) is 4.97. The highest BCUT2D eigenvalue weighted by Gasteiger charge is 2.19. The summed E-state index contributed by atoms with van der Waals surface area (Å²) < 4.78 is 5.01. The van der Waals surface area contributed by atoms with Gasteiger partial charge in [-0.25, -0.2) is 4.79 Å². The quantitative estimate of drug-likeness (QED) is 0.832. The number of anilines is 1. The van der Waals surface area contributed by atoms with Crippen molar-refractivity contribution in [3.63, 3.8) is 0 Å². The normalized spacial score (nSPS) is 15.7. The van der Waals surface area contributed by atoms with Crippen molar-refractivity contribution in [2.24, 2.45) is 5.92 Å². The van der Waals surface area contributed by atoms with Gasteiger partial charge in [0.2, 0.25) is 5.91 Å². The van der Waals surface area contributed by atoms with E-state index in [1.165, 1.54) is 30.6 Å². The summed E-state index contributed by atoms with van der Waals surface area (Å²) in [5.41, 5.74) is 0.853. The molecule has 21 heavy (non-hydrogen) atoms. The fourth-order valence-electron chi connectivity index (χ4n) is 2.78. The number of rotatable bonds is 5. The van der Waals surface area contributed by atoms with Gasteiger partial charge in [0.05, 0.1) is 11.6 Å². The molecule has 0 atom stereocenters. The summed E-state index contributed by atoms with van der Waals surface area (Å²) in [5, 5.41) is 3.65. The highest BCUT2D eigenvalue weighted by molar-refractivity contribution is 7.18. The van der Waals surface area contributed by atoms with E-state index in [-0.39, 0.29) is 11.9 Å². The van der Waals surface area contributed by atoms with Crippen LogP contribution in [0.15, 0.2) is 6.07 Å². The molecule has 4 nitrogen and oxygen atoms in total. The first-order chi connectivity index (χ1) is 10.1. The van der Waals surface area contributed by atoms with Crippen LogP contribution >= 0.6 is 11.3 Å². The average Bonchev–Trinajstić information content (AvgIpc) is 2.80. The maximum Gasteiger partial charge on any atom is 0.348 e. The Morgan fingerprint density at radius 1 is 1.33 bits per heavy atom. The molecule has 5 heteroatoms. The van der Waals surface area contributed by atoms with Gasteiger partial charge in [0.25, 0.3) is 0 Å². The fraction of sp³-hybridized carbons (Fsp3) is 0.625. The lowest BCUT2D eigenvalue weighted by Crippen LogP contribution is -2.17. The molecule has 1 aromatic rings. The Morgan fingerprint density at radius 3 is 2.71 bits per heavy atom. The summed E-state index contributed by atoms with van der Waals surface area (Å²) in [4.78, 5) is 24.4. The summed E-state index contributed by atoms with van der Waals surface area (Å²) in [6, 6.07) is 1.84. The molecular weight excluding hydrogens is 286 g/mol. The van der Waals surface area contributed by atoms with Crippen molar-refractivity contribution in [3.05, 3.63) is 16.5 Å². The molecule has 1 amide bonds. The minimum absolute atomic E-state index is 0.0542. The van der Waals surface area contributed by atoms with Gasteiger partial charge in [0, 0.05) is 6.42 Å². The van der Waals surface area contributed by atoms with Gasteiger partial charge < -0.3 is 10.1 Å². The number of aryl methyl sites for hydroxylation is 1. The van der Waals surface area contributed by atoms with Gasteiger partial charge in [-0.3, -0.25) is 4.79 Å². The molecule has 1 aromatic heterocycles. The number of carbonyl (C=O) groups is 2. The van der Waals surface area contributed by atoms with Crippen molar-refractivity contribution >= 4 is 28.2 Å². The zero-order chi connectivity index (χ0) is 15.2. The second-order valence-electron chi connectivity index (χ2n) is 5.60. The Hall–Kier alpha value is -1.36. The molecule has 1 fully saturated rings. The van der Waals surface area contributed by atoms with Gasteiger partial charge in [-0.15, -0.1) is 11.3 Å². The molecule has 0 spiro atoms. The molecule has 1 aliphatic rings. The Morgan fingerprint density at radius 2 is 2.05 bits per heavy atom. The summed E-state index contributed by atoms with van der Waals surface area (Å²) in [6.07, 6.45) is 6.68. The number of ether oxygens (including phenoxy) is 1. The topological polar surface area (TPSA) is 55.4 Å². The Kier molecular flexibility index (Phi) is 5.79. The van der Waals surface area contributed by atoms with Crippen LogP contribution in [0.2, 0.25) is 0 Å². The maximum atomic E-state index is 12.1. The number of hydrogen-bond acceptors (Lipinski definition) is 4. The molecule has 2 rings (SSSR count). The molecule has 0 aliphatic heterocycles. The Balaban J connectivity index is 1.91. The zero-order valence-corrected chi connectivity index (χ0v) is 13.6. The van der Waals surface area contributed by atoms with Crippen molar-refractivity contribution in [3.8, 4) is 0 Å². The number of carbonyl (C=O) groups excluding carboxylic acids is 2. The number of thiophene rings is 1. The highest BCUT2D eigenvalue weighted by atomic mass is 32.1. The third kappa shape index (κ3) is 4.56. The SMILES string of the molecule is CCOC(=O)c1sc(NC(=O)CC2CCCCC2)cc1C. The van der Waals surface area contributed by atoms with Crippen molar-refractivity contribution in [2.45, 2.75) is 52.4 Å². The molecule has 1 heterocycles. The minimum atomic E-state index is -0.312. The summed E-state index contributed by atoms with van der Waals surface area (Å²) in [7, 11) is 0. The molecule has 0 aromatic carbocycles. The van der Waals surface area contributed by atoms with Crippen LogP contribution in [-0.2, 0) is 9.53 Å². The first-order valence-electron chi connectivity index (χ1n) is 7.67. The first-order valence-corrected chi connectivity index (χ1v) is 8.49. The monoisotopic (exact) mass is 309 g/mol. The Labute approximate surface area is 129 Å².